The lowest BCUT2D eigenvalue weighted by atomic mass is 10.0. The number of rotatable bonds is 1. The number of aromatic nitrogens is 1. The van der Waals surface area contributed by atoms with E-state index in [1.54, 1.807) is 13.8 Å². The second-order valence-electron chi connectivity index (χ2n) is 12.6. The molecule has 238 valence electrons. The van der Waals surface area contributed by atoms with Gasteiger partial charge in [-0.15, -0.1) is 0 Å². The lowest BCUT2D eigenvalue weighted by molar-refractivity contribution is -0.157. The van der Waals surface area contributed by atoms with E-state index in [0.717, 1.165) is 16.5 Å². The Hall–Kier alpha value is -3.83. The highest BCUT2D eigenvalue weighted by atomic mass is 16.5. The van der Waals surface area contributed by atoms with Gasteiger partial charge in [0, 0.05) is 11.9 Å². The third kappa shape index (κ3) is 8.63. The number of nitrogens with zero attached hydrogens (tertiary/aromatic N) is 2. The molecule has 2 aliphatic rings. The predicted molar refractivity (Wildman–Crippen MR) is 167 cm³/mol. The van der Waals surface area contributed by atoms with Gasteiger partial charge in [0.1, 0.15) is 24.2 Å². The number of ether oxygens (including phenoxy) is 2. The van der Waals surface area contributed by atoms with Gasteiger partial charge in [0.25, 0.3) is 5.91 Å². The van der Waals surface area contributed by atoms with E-state index in [4.69, 9.17) is 14.5 Å². The average Bonchev–Trinajstić information content (AvgIpc) is 2.97. The molecule has 44 heavy (non-hydrogen) atoms. The molecule has 2 aromatic rings. The topological polar surface area (TPSA) is 139 Å². The summed E-state index contributed by atoms with van der Waals surface area (Å²) in [4.78, 5) is 57.3. The molecular formula is C33H45N5O6. The lowest BCUT2D eigenvalue weighted by Gasteiger charge is -2.35. The fraction of sp³-hybridized carbons (Fsp3) is 0.545. The summed E-state index contributed by atoms with van der Waals surface area (Å²) in [5, 5.41) is 7.89. The van der Waals surface area contributed by atoms with Crippen LogP contribution in [0, 0.1) is 5.92 Å². The van der Waals surface area contributed by atoms with Gasteiger partial charge in [-0.25, -0.2) is 10.4 Å². The highest BCUT2D eigenvalue weighted by Crippen LogP contribution is 2.23. The molecule has 3 heterocycles. The quantitative estimate of drug-likeness (QED) is 0.418. The minimum atomic E-state index is -0.893. The third-order valence-corrected chi connectivity index (χ3v) is 7.85. The molecule has 1 fully saturated rings. The number of carbonyl (C=O) groups is 4. The monoisotopic (exact) mass is 607 g/mol. The molecule has 1 aromatic heterocycles. The zero-order valence-electron chi connectivity index (χ0n) is 26.5. The molecule has 5 bridgehead atoms. The maximum atomic E-state index is 13.3. The minimum absolute atomic E-state index is 0.0635. The Kier molecular flexibility index (Phi) is 10.7. The van der Waals surface area contributed by atoms with Gasteiger partial charge in [-0.2, -0.15) is 0 Å². The molecule has 0 aliphatic carbocycles. The van der Waals surface area contributed by atoms with Gasteiger partial charge in [-0.1, -0.05) is 44.2 Å². The predicted octanol–water partition coefficient (Wildman–Crippen LogP) is 3.58. The van der Waals surface area contributed by atoms with Crippen molar-refractivity contribution in [1.29, 1.82) is 0 Å². The normalized spacial score (nSPS) is 26.9. The summed E-state index contributed by atoms with van der Waals surface area (Å²) >= 11 is 0. The number of hydrazine groups is 1. The Bertz CT molecular complexity index is 1410. The summed E-state index contributed by atoms with van der Waals surface area (Å²) in [6.45, 7) is 11.5. The van der Waals surface area contributed by atoms with E-state index in [-0.39, 0.29) is 18.2 Å². The van der Waals surface area contributed by atoms with Crippen LogP contribution in [-0.4, -0.2) is 70.6 Å². The second kappa shape index (κ2) is 14.3. The van der Waals surface area contributed by atoms with Crippen LogP contribution in [0.4, 0.5) is 0 Å². The largest absolute Gasteiger partial charge is 0.455 e. The van der Waals surface area contributed by atoms with Crippen LogP contribution in [-0.2, 0) is 28.7 Å². The lowest BCUT2D eigenvalue weighted by Crippen LogP contribution is -2.61. The molecule has 0 saturated carbocycles. The van der Waals surface area contributed by atoms with Gasteiger partial charge in [-0.05, 0) is 70.6 Å². The molecule has 3 amide bonds. The molecule has 3 N–H and O–H groups in total. The maximum absolute atomic E-state index is 13.3. The average molecular weight is 608 g/mol. The van der Waals surface area contributed by atoms with Gasteiger partial charge in [-0.3, -0.25) is 24.2 Å². The molecule has 0 unspecified atom stereocenters. The first kappa shape index (κ1) is 33.1. The van der Waals surface area contributed by atoms with Crippen LogP contribution in [0.3, 0.4) is 0 Å². The van der Waals surface area contributed by atoms with Crippen molar-refractivity contribution in [1.82, 2.24) is 26.1 Å². The summed E-state index contributed by atoms with van der Waals surface area (Å²) in [6, 6.07) is 7.33. The van der Waals surface area contributed by atoms with E-state index in [1.165, 1.54) is 5.01 Å². The van der Waals surface area contributed by atoms with Crippen LogP contribution in [0.1, 0.15) is 84.6 Å². The number of pyridine rings is 1. The third-order valence-electron chi connectivity index (χ3n) is 7.85. The fourth-order valence-corrected chi connectivity index (χ4v) is 5.33. The second-order valence-corrected chi connectivity index (χ2v) is 12.6. The van der Waals surface area contributed by atoms with E-state index < -0.39 is 47.6 Å². The van der Waals surface area contributed by atoms with Gasteiger partial charge in [0.05, 0.1) is 29.8 Å². The van der Waals surface area contributed by atoms with Gasteiger partial charge >= 0.3 is 5.97 Å². The van der Waals surface area contributed by atoms with E-state index in [0.29, 0.717) is 38.1 Å². The van der Waals surface area contributed by atoms with E-state index in [2.05, 4.69) is 16.1 Å². The van der Waals surface area contributed by atoms with Crippen LogP contribution in [0.2, 0.25) is 0 Å². The van der Waals surface area contributed by atoms with Crippen LogP contribution < -0.4 is 16.1 Å². The van der Waals surface area contributed by atoms with Gasteiger partial charge in [0.2, 0.25) is 11.8 Å². The first-order valence-corrected chi connectivity index (χ1v) is 15.4. The van der Waals surface area contributed by atoms with Crippen LogP contribution in [0.25, 0.3) is 17.0 Å². The smallest absolute Gasteiger partial charge is 0.325 e. The van der Waals surface area contributed by atoms with Crippen molar-refractivity contribution in [2.24, 2.45) is 5.92 Å². The number of amides is 3. The molecule has 4 atom stereocenters. The van der Waals surface area contributed by atoms with E-state index in [9.17, 15) is 19.2 Å². The van der Waals surface area contributed by atoms with Crippen molar-refractivity contribution >= 4 is 40.7 Å². The Morgan fingerprint density at radius 2 is 1.80 bits per heavy atom. The number of fused-ring (bicyclic) bond motifs is 4. The Balaban J connectivity index is 1.58. The number of carbonyl (C=O) groups excluding carboxylic acids is 4. The maximum Gasteiger partial charge on any atom is 0.325 e. The van der Waals surface area contributed by atoms with Crippen LogP contribution in [0.15, 0.2) is 36.4 Å². The Labute approximate surface area is 259 Å². The molecule has 1 saturated heterocycles. The van der Waals surface area contributed by atoms with Crippen molar-refractivity contribution in [2.45, 2.75) is 97.1 Å². The van der Waals surface area contributed by atoms with E-state index in [1.807, 2.05) is 70.2 Å². The summed E-state index contributed by atoms with van der Waals surface area (Å²) in [5.41, 5.74) is 4.61. The van der Waals surface area contributed by atoms with Crippen molar-refractivity contribution in [3.05, 3.63) is 47.7 Å². The molecule has 11 heteroatoms. The van der Waals surface area contributed by atoms with Crippen LogP contribution in [0.5, 0.6) is 0 Å². The number of nitrogens with one attached hydrogen (secondary N) is 3. The molecule has 2 aliphatic heterocycles. The number of cyclic esters (lactones) is 1. The Morgan fingerprint density at radius 3 is 2.55 bits per heavy atom. The molecule has 0 radical (unpaired) electrons. The number of hydrogen-bond donors (Lipinski definition) is 3. The zero-order chi connectivity index (χ0) is 32.0. The van der Waals surface area contributed by atoms with Crippen molar-refractivity contribution in [2.75, 3.05) is 13.2 Å². The highest BCUT2D eigenvalue weighted by molar-refractivity contribution is 5.92. The summed E-state index contributed by atoms with van der Waals surface area (Å²) < 4.78 is 11.8. The summed E-state index contributed by atoms with van der Waals surface area (Å²) in [5.74, 6) is -1.87. The molecule has 11 nitrogen and oxygen atoms in total. The standard InChI is InChI=1S/C33H45N5O6/c1-20(2)29-30(40)34-21(3)31(41)38-16-9-11-26(37-38)32(42)44-22(4)25-15-14-24-13-12-23(18-27(24)35-25)10-7-8-17-43-33(5,6)19-28(39)36-29/h7,10,12-15,18,20-22,26,29,37H,8-9,11,16-17,19H2,1-6H3,(H,34,40)(H,36,39)/b10-7+/t21-,22+,26-,29-/m0/s1. The summed E-state index contributed by atoms with van der Waals surface area (Å²) in [7, 11) is 0. The first-order chi connectivity index (χ1) is 20.8. The van der Waals surface area contributed by atoms with E-state index >= 15 is 0 Å². The zero-order valence-corrected chi connectivity index (χ0v) is 26.5. The number of hydrogen-bond acceptors (Lipinski definition) is 8. The minimum Gasteiger partial charge on any atom is -0.455 e. The Morgan fingerprint density at radius 1 is 1.05 bits per heavy atom. The molecule has 1 aromatic carbocycles. The number of benzene rings is 1. The number of esters is 1. The molecule has 0 spiro atoms. The SMILES string of the molecule is CC(C)[C@@H]1NC(=O)CC(C)(C)OCC/C=C/c2ccc3ccc(nc3c2)[C@@H](C)OC(=O)[C@@H]2CCCN(N2)C(=O)[C@H](C)NC1=O. The summed E-state index contributed by atoms with van der Waals surface area (Å²) in [6.07, 6.45) is 5.19. The first-order valence-electron chi connectivity index (χ1n) is 15.4. The van der Waals surface area contributed by atoms with Crippen molar-refractivity contribution in [3.8, 4) is 0 Å². The molecular weight excluding hydrogens is 562 g/mol. The van der Waals surface area contributed by atoms with Crippen molar-refractivity contribution < 1.29 is 28.7 Å². The molecule has 4 rings (SSSR count). The van der Waals surface area contributed by atoms with Crippen molar-refractivity contribution in [3.63, 3.8) is 0 Å². The van der Waals surface area contributed by atoms with Gasteiger partial charge in [0.15, 0.2) is 0 Å². The van der Waals surface area contributed by atoms with Crippen LogP contribution >= 0.6 is 0 Å². The van der Waals surface area contributed by atoms with Gasteiger partial charge < -0.3 is 20.1 Å². The fourth-order valence-electron chi connectivity index (χ4n) is 5.33. The highest BCUT2D eigenvalue weighted by Gasteiger charge is 2.34.